The summed E-state index contributed by atoms with van der Waals surface area (Å²) in [5.41, 5.74) is 1.38. The first-order chi connectivity index (χ1) is 8.65. The molecule has 0 N–H and O–H groups in total. The van der Waals surface area contributed by atoms with Crippen molar-refractivity contribution in [3.8, 4) is 0 Å². The van der Waals surface area contributed by atoms with Crippen molar-refractivity contribution in [3.05, 3.63) is 67.8 Å². The van der Waals surface area contributed by atoms with Gasteiger partial charge in [-0.25, -0.2) is 0 Å². The van der Waals surface area contributed by atoms with E-state index in [1.165, 1.54) is 21.3 Å². The molecular weight excluding hydrogens is 361 g/mol. The lowest BCUT2D eigenvalue weighted by molar-refractivity contribution is -0.384. The van der Waals surface area contributed by atoms with E-state index in [9.17, 15) is 10.1 Å². The van der Waals surface area contributed by atoms with Gasteiger partial charge in [0.15, 0.2) is 0 Å². The van der Waals surface area contributed by atoms with Crippen LogP contribution in [0.2, 0.25) is 0 Å². The minimum Gasteiger partial charge on any atom is -0.258 e. The topological polar surface area (TPSA) is 43.1 Å². The molecule has 0 heterocycles. The second-order valence-corrected chi connectivity index (χ2v) is 5.96. The summed E-state index contributed by atoms with van der Waals surface area (Å²) in [6.45, 7) is 0. The van der Waals surface area contributed by atoms with E-state index in [1.807, 2.05) is 0 Å². The van der Waals surface area contributed by atoms with Crippen LogP contribution in [0.5, 0.6) is 0 Å². The molecule has 0 aliphatic rings. The van der Waals surface area contributed by atoms with Gasteiger partial charge in [-0.05, 0) is 52.4 Å². The molecule has 0 unspecified atom stereocenters. The molecule has 5 heteroatoms. The molecule has 18 heavy (non-hydrogen) atoms. The van der Waals surface area contributed by atoms with Gasteiger partial charge < -0.3 is 0 Å². The Morgan fingerprint density at radius 3 is 2.22 bits per heavy atom. The molecule has 2 aromatic rings. The molecule has 2 rings (SSSR count). The number of rotatable bonds is 4. The summed E-state index contributed by atoms with van der Waals surface area (Å²) < 4.78 is 1.22. The van der Waals surface area contributed by atoms with Gasteiger partial charge in [0, 0.05) is 26.4 Å². The maximum atomic E-state index is 10.5. The van der Waals surface area contributed by atoms with Crippen LogP contribution < -0.4 is 0 Å². The number of hydrogen-bond acceptors (Lipinski definition) is 3. The Hall–Kier alpha value is -1.08. The van der Waals surface area contributed by atoms with Gasteiger partial charge in [-0.15, -0.1) is 11.8 Å². The van der Waals surface area contributed by atoms with Gasteiger partial charge >= 0.3 is 0 Å². The van der Waals surface area contributed by atoms with E-state index < -0.39 is 0 Å². The number of benzene rings is 2. The monoisotopic (exact) mass is 371 g/mol. The Morgan fingerprint density at radius 1 is 1.06 bits per heavy atom. The Kier molecular flexibility index (Phi) is 4.60. The molecule has 2 aromatic carbocycles. The van der Waals surface area contributed by atoms with Crippen LogP contribution in [0.15, 0.2) is 53.4 Å². The van der Waals surface area contributed by atoms with Gasteiger partial charge in [-0.2, -0.15) is 0 Å². The summed E-state index contributed by atoms with van der Waals surface area (Å²) in [4.78, 5) is 11.2. The molecule has 0 atom stereocenters. The molecule has 0 aliphatic carbocycles. The second kappa shape index (κ2) is 6.19. The van der Waals surface area contributed by atoms with Crippen molar-refractivity contribution < 1.29 is 4.92 Å². The highest BCUT2D eigenvalue weighted by Gasteiger charge is 2.04. The van der Waals surface area contributed by atoms with Crippen molar-refractivity contribution in [3.63, 3.8) is 0 Å². The van der Waals surface area contributed by atoms with Crippen molar-refractivity contribution in [2.24, 2.45) is 0 Å². The van der Waals surface area contributed by atoms with E-state index in [1.54, 1.807) is 23.9 Å². The number of nitro groups is 1. The molecule has 0 radical (unpaired) electrons. The highest BCUT2D eigenvalue weighted by atomic mass is 127. The number of halogens is 1. The zero-order valence-electron chi connectivity index (χ0n) is 9.38. The standard InChI is InChI=1S/C13H10INO2S/c14-11-3-1-10(2-4-11)9-18-13-7-5-12(6-8-13)15(16)17/h1-8H,9H2. The maximum absolute atomic E-state index is 10.5. The van der Waals surface area contributed by atoms with Gasteiger partial charge in [0.1, 0.15) is 0 Å². The predicted molar refractivity (Wildman–Crippen MR) is 81.8 cm³/mol. The summed E-state index contributed by atoms with van der Waals surface area (Å²) in [6.07, 6.45) is 0. The van der Waals surface area contributed by atoms with Crippen LogP contribution in [0.1, 0.15) is 5.56 Å². The third-order valence-electron chi connectivity index (χ3n) is 2.37. The summed E-state index contributed by atoms with van der Waals surface area (Å²) in [5, 5.41) is 10.5. The van der Waals surface area contributed by atoms with Crippen molar-refractivity contribution in [2.75, 3.05) is 0 Å². The van der Waals surface area contributed by atoms with Gasteiger partial charge in [0.05, 0.1) is 4.92 Å². The Morgan fingerprint density at radius 2 is 1.67 bits per heavy atom. The lowest BCUT2D eigenvalue weighted by atomic mass is 10.2. The summed E-state index contributed by atoms with van der Waals surface area (Å²) in [5.74, 6) is 0.870. The molecule has 3 nitrogen and oxygen atoms in total. The number of hydrogen-bond donors (Lipinski definition) is 0. The highest BCUT2D eigenvalue weighted by Crippen LogP contribution is 2.25. The third kappa shape index (κ3) is 3.71. The molecule has 0 fully saturated rings. The minimum absolute atomic E-state index is 0.133. The molecular formula is C13H10INO2S. The van der Waals surface area contributed by atoms with E-state index in [4.69, 9.17) is 0 Å². The molecule has 0 amide bonds. The fourth-order valence-corrected chi connectivity index (χ4v) is 2.63. The van der Waals surface area contributed by atoms with Crippen LogP contribution >= 0.6 is 34.4 Å². The van der Waals surface area contributed by atoms with Crippen molar-refractivity contribution in [2.45, 2.75) is 10.6 Å². The minimum atomic E-state index is -0.381. The highest BCUT2D eigenvalue weighted by molar-refractivity contribution is 14.1. The zero-order chi connectivity index (χ0) is 13.0. The van der Waals surface area contributed by atoms with Crippen LogP contribution in [0.4, 0.5) is 5.69 Å². The van der Waals surface area contributed by atoms with Crippen LogP contribution in [-0.4, -0.2) is 4.92 Å². The SMILES string of the molecule is O=[N+]([O-])c1ccc(SCc2ccc(I)cc2)cc1. The molecule has 0 aromatic heterocycles. The summed E-state index contributed by atoms with van der Waals surface area (Å²) in [7, 11) is 0. The third-order valence-corrected chi connectivity index (χ3v) is 4.17. The smallest absolute Gasteiger partial charge is 0.258 e. The van der Waals surface area contributed by atoms with E-state index in [0.29, 0.717) is 0 Å². The van der Waals surface area contributed by atoms with Crippen molar-refractivity contribution in [1.29, 1.82) is 0 Å². The first-order valence-electron chi connectivity index (χ1n) is 5.27. The quantitative estimate of drug-likeness (QED) is 0.344. The van der Waals surface area contributed by atoms with E-state index >= 15 is 0 Å². The molecule has 92 valence electrons. The van der Waals surface area contributed by atoms with E-state index in [0.717, 1.165) is 10.6 Å². The molecule has 0 aliphatic heterocycles. The Labute approximate surface area is 123 Å². The van der Waals surface area contributed by atoms with Crippen LogP contribution in [-0.2, 0) is 5.75 Å². The number of nitrogens with zero attached hydrogens (tertiary/aromatic N) is 1. The zero-order valence-corrected chi connectivity index (χ0v) is 12.3. The van der Waals surface area contributed by atoms with Crippen molar-refractivity contribution >= 4 is 40.0 Å². The first kappa shape index (κ1) is 13.4. The fourth-order valence-electron chi connectivity index (χ4n) is 1.41. The van der Waals surface area contributed by atoms with Crippen LogP contribution in [0.3, 0.4) is 0 Å². The lowest BCUT2D eigenvalue weighted by Crippen LogP contribution is -1.87. The maximum Gasteiger partial charge on any atom is 0.269 e. The average Bonchev–Trinajstić information content (AvgIpc) is 2.38. The Balaban J connectivity index is 1.97. The molecule has 0 saturated carbocycles. The molecule has 0 spiro atoms. The Bertz CT molecular complexity index is 540. The number of thioether (sulfide) groups is 1. The van der Waals surface area contributed by atoms with Gasteiger partial charge in [-0.1, -0.05) is 12.1 Å². The number of nitro benzene ring substituents is 1. The van der Waals surface area contributed by atoms with E-state index in [-0.39, 0.29) is 10.6 Å². The van der Waals surface area contributed by atoms with Gasteiger partial charge in [0.2, 0.25) is 0 Å². The molecule has 0 saturated heterocycles. The van der Waals surface area contributed by atoms with Crippen LogP contribution in [0.25, 0.3) is 0 Å². The van der Waals surface area contributed by atoms with Crippen LogP contribution in [0, 0.1) is 13.7 Å². The fraction of sp³-hybridized carbons (Fsp3) is 0.0769. The lowest BCUT2D eigenvalue weighted by Gasteiger charge is -2.02. The first-order valence-corrected chi connectivity index (χ1v) is 7.33. The summed E-state index contributed by atoms with van der Waals surface area (Å²) >= 11 is 3.95. The van der Waals surface area contributed by atoms with E-state index in [2.05, 4.69) is 46.9 Å². The summed E-state index contributed by atoms with van der Waals surface area (Å²) in [6, 6.07) is 15.0. The largest absolute Gasteiger partial charge is 0.269 e. The molecule has 0 bridgehead atoms. The normalized spacial score (nSPS) is 10.3. The van der Waals surface area contributed by atoms with Crippen molar-refractivity contribution in [1.82, 2.24) is 0 Å². The van der Waals surface area contributed by atoms with Gasteiger partial charge in [-0.3, -0.25) is 10.1 Å². The number of non-ortho nitro benzene ring substituents is 1. The average molecular weight is 371 g/mol. The van der Waals surface area contributed by atoms with Gasteiger partial charge in [0.25, 0.3) is 5.69 Å². The second-order valence-electron chi connectivity index (χ2n) is 3.67. The predicted octanol–water partition coefficient (Wildman–Crippen LogP) is 4.49.